The van der Waals surface area contributed by atoms with Crippen LogP contribution in [0.25, 0.3) is 5.69 Å². The molecular formula is C17H14ClN3OS. The quantitative estimate of drug-likeness (QED) is 0.679. The van der Waals surface area contributed by atoms with Crippen LogP contribution in [0.3, 0.4) is 0 Å². The van der Waals surface area contributed by atoms with Crippen LogP contribution in [-0.4, -0.2) is 21.0 Å². The fourth-order valence-corrected chi connectivity index (χ4v) is 2.87. The second-order valence-electron chi connectivity index (χ2n) is 4.91. The van der Waals surface area contributed by atoms with Crippen molar-refractivity contribution in [2.45, 2.75) is 11.6 Å². The lowest BCUT2D eigenvalue weighted by molar-refractivity contribution is 0.698. The van der Waals surface area contributed by atoms with Gasteiger partial charge in [0, 0.05) is 11.4 Å². The van der Waals surface area contributed by atoms with E-state index in [1.807, 2.05) is 48.7 Å². The van der Waals surface area contributed by atoms with Crippen molar-refractivity contribution in [3.05, 3.63) is 81.2 Å². The smallest absolute Gasteiger partial charge is 0.267 e. The predicted octanol–water partition coefficient (Wildman–Crippen LogP) is 3.59. The zero-order chi connectivity index (χ0) is 16.2. The van der Waals surface area contributed by atoms with Gasteiger partial charge in [-0.2, -0.15) is 0 Å². The molecule has 0 saturated heterocycles. The van der Waals surface area contributed by atoms with E-state index in [-0.39, 0.29) is 5.56 Å². The summed E-state index contributed by atoms with van der Waals surface area (Å²) in [5.41, 5.74) is 2.02. The van der Waals surface area contributed by atoms with E-state index in [1.54, 1.807) is 16.7 Å². The zero-order valence-electron chi connectivity index (χ0n) is 12.4. The third-order valence-corrected chi connectivity index (χ3v) is 4.26. The fraction of sp³-hybridized carbons (Fsp3) is 0.118. The Labute approximate surface area is 143 Å². The van der Waals surface area contributed by atoms with E-state index in [0.717, 1.165) is 11.3 Å². The first-order valence-electron chi connectivity index (χ1n) is 7.01. The van der Waals surface area contributed by atoms with E-state index in [0.29, 0.717) is 22.3 Å². The van der Waals surface area contributed by atoms with Gasteiger partial charge in [-0.05, 0) is 36.1 Å². The zero-order valence-corrected chi connectivity index (χ0v) is 14.0. The molecule has 0 aliphatic rings. The van der Waals surface area contributed by atoms with Gasteiger partial charge >= 0.3 is 0 Å². The second kappa shape index (κ2) is 6.98. The van der Waals surface area contributed by atoms with Crippen LogP contribution >= 0.6 is 23.4 Å². The summed E-state index contributed by atoms with van der Waals surface area (Å²) in [4.78, 5) is 12.8. The molecule has 116 valence electrons. The maximum Gasteiger partial charge on any atom is 0.281 e. The minimum atomic E-state index is -0.148. The third-order valence-electron chi connectivity index (χ3n) is 3.38. The second-order valence-corrected chi connectivity index (χ2v) is 6.12. The minimum Gasteiger partial charge on any atom is -0.267 e. The maximum absolute atomic E-state index is 12.8. The third kappa shape index (κ3) is 3.46. The van der Waals surface area contributed by atoms with E-state index >= 15 is 0 Å². The van der Waals surface area contributed by atoms with Gasteiger partial charge in [0.25, 0.3) is 5.56 Å². The normalized spacial score (nSPS) is 10.7. The first-order chi connectivity index (χ1) is 11.2. The number of benzene rings is 2. The average molecular weight is 344 g/mol. The van der Waals surface area contributed by atoms with Gasteiger partial charge in [0.05, 0.1) is 5.69 Å². The van der Waals surface area contributed by atoms with Crippen LogP contribution in [0.15, 0.2) is 64.5 Å². The largest absolute Gasteiger partial charge is 0.281 e. The summed E-state index contributed by atoms with van der Waals surface area (Å²) < 4.78 is 1.60. The number of aromatic nitrogens is 3. The molecule has 0 bridgehead atoms. The Kier molecular flexibility index (Phi) is 4.79. The van der Waals surface area contributed by atoms with E-state index < -0.39 is 0 Å². The van der Waals surface area contributed by atoms with Crippen molar-refractivity contribution in [3.63, 3.8) is 0 Å². The Morgan fingerprint density at radius 3 is 2.39 bits per heavy atom. The van der Waals surface area contributed by atoms with Crippen LogP contribution in [0.5, 0.6) is 0 Å². The number of para-hydroxylation sites is 1. The molecule has 0 N–H and O–H groups in total. The molecular weight excluding hydrogens is 330 g/mol. The van der Waals surface area contributed by atoms with Gasteiger partial charge in [-0.1, -0.05) is 53.7 Å². The Balaban J connectivity index is 2.06. The van der Waals surface area contributed by atoms with Crippen molar-refractivity contribution in [1.29, 1.82) is 0 Å². The molecule has 3 aromatic rings. The lowest BCUT2D eigenvalue weighted by Crippen LogP contribution is -2.27. The van der Waals surface area contributed by atoms with Gasteiger partial charge in [0.1, 0.15) is 5.69 Å². The minimum absolute atomic E-state index is 0.148. The molecule has 0 radical (unpaired) electrons. The highest BCUT2D eigenvalue weighted by Gasteiger charge is 2.13. The van der Waals surface area contributed by atoms with E-state index in [4.69, 9.17) is 11.6 Å². The van der Waals surface area contributed by atoms with Gasteiger partial charge in [0.2, 0.25) is 0 Å². The molecule has 0 fully saturated rings. The summed E-state index contributed by atoms with van der Waals surface area (Å²) in [6, 6.07) is 16.8. The molecule has 2 aromatic carbocycles. The van der Waals surface area contributed by atoms with Crippen LogP contribution in [0.2, 0.25) is 5.02 Å². The van der Waals surface area contributed by atoms with Crippen LogP contribution < -0.4 is 5.56 Å². The number of thioether (sulfide) groups is 1. The number of nitrogens with zero attached hydrogens (tertiary/aromatic N) is 3. The first kappa shape index (κ1) is 15.8. The van der Waals surface area contributed by atoms with Crippen molar-refractivity contribution in [2.24, 2.45) is 0 Å². The molecule has 0 aliphatic carbocycles. The standard InChI is InChI=1S/C17H14ClN3OS/c1-23-17-20-19-15(11-12-7-9-13(18)10-8-12)16(22)21(17)14-5-3-2-4-6-14/h2-10H,11H2,1H3. The van der Waals surface area contributed by atoms with Crippen molar-refractivity contribution < 1.29 is 0 Å². The maximum atomic E-state index is 12.8. The summed E-state index contributed by atoms with van der Waals surface area (Å²) in [6.07, 6.45) is 2.30. The Bertz CT molecular complexity index is 863. The molecule has 0 amide bonds. The molecule has 0 atom stereocenters. The van der Waals surface area contributed by atoms with Gasteiger partial charge < -0.3 is 0 Å². The van der Waals surface area contributed by atoms with E-state index in [1.165, 1.54) is 11.8 Å². The molecule has 0 aliphatic heterocycles. The molecule has 4 nitrogen and oxygen atoms in total. The summed E-state index contributed by atoms with van der Waals surface area (Å²) in [5, 5.41) is 9.55. The van der Waals surface area contributed by atoms with Gasteiger partial charge in [-0.3, -0.25) is 9.36 Å². The molecule has 0 unspecified atom stereocenters. The molecule has 0 spiro atoms. The summed E-state index contributed by atoms with van der Waals surface area (Å²) in [5.74, 6) is 0. The van der Waals surface area contributed by atoms with Gasteiger partial charge in [-0.15, -0.1) is 10.2 Å². The van der Waals surface area contributed by atoms with Crippen LogP contribution in [0.4, 0.5) is 0 Å². The SMILES string of the molecule is CSc1nnc(Cc2ccc(Cl)cc2)c(=O)n1-c1ccccc1. The Morgan fingerprint density at radius 2 is 1.74 bits per heavy atom. The van der Waals surface area contributed by atoms with Crippen LogP contribution in [0, 0.1) is 0 Å². The highest BCUT2D eigenvalue weighted by atomic mass is 35.5. The molecule has 23 heavy (non-hydrogen) atoms. The number of halogens is 1. The molecule has 6 heteroatoms. The van der Waals surface area contributed by atoms with Crippen LogP contribution in [-0.2, 0) is 6.42 Å². The van der Waals surface area contributed by atoms with Gasteiger partial charge in [0.15, 0.2) is 5.16 Å². The van der Waals surface area contributed by atoms with E-state index in [9.17, 15) is 4.79 Å². The van der Waals surface area contributed by atoms with Crippen molar-refractivity contribution >= 4 is 23.4 Å². The summed E-state index contributed by atoms with van der Waals surface area (Å²) in [6.45, 7) is 0. The fourth-order valence-electron chi connectivity index (χ4n) is 2.25. The predicted molar refractivity (Wildman–Crippen MR) is 93.7 cm³/mol. The lowest BCUT2D eigenvalue weighted by Gasteiger charge is -2.11. The topological polar surface area (TPSA) is 47.8 Å². The summed E-state index contributed by atoms with van der Waals surface area (Å²) in [7, 11) is 0. The van der Waals surface area contributed by atoms with Gasteiger partial charge in [-0.25, -0.2) is 0 Å². The lowest BCUT2D eigenvalue weighted by atomic mass is 10.1. The monoisotopic (exact) mass is 343 g/mol. The molecule has 0 saturated carbocycles. The first-order valence-corrected chi connectivity index (χ1v) is 8.62. The van der Waals surface area contributed by atoms with Crippen molar-refractivity contribution in [2.75, 3.05) is 6.26 Å². The number of hydrogen-bond acceptors (Lipinski definition) is 4. The average Bonchev–Trinajstić information content (AvgIpc) is 2.59. The molecule has 1 aromatic heterocycles. The Hall–Kier alpha value is -2.11. The highest BCUT2D eigenvalue weighted by molar-refractivity contribution is 7.98. The molecule has 3 rings (SSSR count). The highest BCUT2D eigenvalue weighted by Crippen LogP contribution is 2.16. The van der Waals surface area contributed by atoms with Crippen LogP contribution in [0.1, 0.15) is 11.3 Å². The number of rotatable bonds is 4. The molecule has 1 heterocycles. The van der Waals surface area contributed by atoms with Crippen molar-refractivity contribution in [3.8, 4) is 5.69 Å². The van der Waals surface area contributed by atoms with Crippen molar-refractivity contribution in [1.82, 2.24) is 14.8 Å². The van der Waals surface area contributed by atoms with E-state index in [2.05, 4.69) is 10.2 Å². The summed E-state index contributed by atoms with van der Waals surface area (Å²) >= 11 is 7.29. The Morgan fingerprint density at radius 1 is 1.04 bits per heavy atom. The number of hydrogen-bond donors (Lipinski definition) is 0.